The monoisotopic (exact) mass is 247 g/mol. The van der Waals surface area contributed by atoms with Crippen molar-refractivity contribution < 1.29 is 9.59 Å². The van der Waals surface area contributed by atoms with E-state index in [1.807, 2.05) is 12.1 Å². The maximum absolute atomic E-state index is 11.7. The third-order valence-electron chi connectivity index (χ3n) is 2.40. The quantitative estimate of drug-likeness (QED) is 0.735. The highest BCUT2D eigenvalue weighted by molar-refractivity contribution is 8.00. The van der Waals surface area contributed by atoms with E-state index in [4.69, 9.17) is 11.0 Å². The van der Waals surface area contributed by atoms with Crippen molar-refractivity contribution in [2.24, 2.45) is 5.73 Å². The van der Waals surface area contributed by atoms with E-state index in [0.717, 1.165) is 15.4 Å². The standard InChI is InChI=1S/C11H9N3O2S/c12-4-7-1-2-9-8(3-7)14(10(15)5-13)11(16)6-17-9/h1-3H,4,6,12H2. The molecule has 0 saturated heterocycles. The van der Waals surface area contributed by atoms with Crippen LogP contribution in [0.4, 0.5) is 5.69 Å². The van der Waals surface area contributed by atoms with Crippen LogP contribution in [0.25, 0.3) is 0 Å². The summed E-state index contributed by atoms with van der Waals surface area (Å²) in [4.78, 5) is 24.8. The molecule has 1 aromatic carbocycles. The van der Waals surface area contributed by atoms with Crippen LogP contribution in [-0.4, -0.2) is 17.6 Å². The van der Waals surface area contributed by atoms with Crippen LogP contribution in [-0.2, 0) is 16.1 Å². The first-order chi connectivity index (χ1) is 8.17. The predicted molar refractivity (Wildman–Crippen MR) is 63.2 cm³/mol. The van der Waals surface area contributed by atoms with Crippen LogP contribution in [0.15, 0.2) is 23.1 Å². The Kier molecular flexibility index (Phi) is 3.13. The molecule has 0 aromatic heterocycles. The first-order valence-electron chi connectivity index (χ1n) is 4.90. The summed E-state index contributed by atoms with van der Waals surface area (Å²) in [6.45, 7) is 0.320. The Hall–Kier alpha value is -1.84. The van der Waals surface area contributed by atoms with E-state index in [1.165, 1.54) is 17.8 Å². The minimum Gasteiger partial charge on any atom is -0.326 e. The molecule has 2 N–H and O–H groups in total. The fourth-order valence-corrected chi connectivity index (χ4v) is 2.47. The molecule has 1 heterocycles. The van der Waals surface area contributed by atoms with Gasteiger partial charge in [0.25, 0.3) is 0 Å². The summed E-state index contributed by atoms with van der Waals surface area (Å²) in [6, 6.07) is 6.80. The van der Waals surface area contributed by atoms with Gasteiger partial charge in [0.05, 0.1) is 11.4 Å². The summed E-state index contributed by atoms with van der Waals surface area (Å²) >= 11 is 1.35. The molecule has 0 unspecified atom stereocenters. The lowest BCUT2D eigenvalue weighted by atomic mass is 10.2. The highest BCUT2D eigenvalue weighted by atomic mass is 32.2. The van der Waals surface area contributed by atoms with Gasteiger partial charge in [-0.05, 0) is 17.7 Å². The molecule has 1 aliphatic rings. The molecule has 1 aromatic rings. The van der Waals surface area contributed by atoms with Gasteiger partial charge in [-0.1, -0.05) is 6.07 Å². The minimum absolute atomic E-state index is 0.169. The molecule has 17 heavy (non-hydrogen) atoms. The molecule has 0 bridgehead atoms. The number of rotatable bonds is 1. The van der Waals surface area contributed by atoms with Crippen molar-refractivity contribution in [1.82, 2.24) is 0 Å². The van der Waals surface area contributed by atoms with Crippen LogP contribution >= 0.6 is 11.8 Å². The molecular formula is C11H9N3O2S. The first kappa shape index (κ1) is 11.6. The van der Waals surface area contributed by atoms with Gasteiger partial charge in [-0.2, -0.15) is 5.26 Å². The number of hydrogen-bond acceptors (Lipinski definition) is 5. The Morgan fingerprint density at radius 1 is 1.59 bits per heavy atom. The van der Waals surface area contributed by atoms with Crippen molar-refractivity contribution in [2.75, 3.05) is 10.7 Å². The lowest BCUT2D eigenvalue weighted by molar-refractivity contribution is -0.122. The number of fused-ring (bicyclic) bond motifs is 1. The van der Waals surface area contributed by atoms with Crippen molar-refractivity contribution in [1.29, 1.82) is 5.26 Å². The summed E-state index contributed by atoms with van der Waals surface area (Å²) in [6.07, 6.45) is 0. The van der Waals surface area contributed by atoms with E-state index in [0.29, 0.717) is 12.2 Å². The molecule has 0 saturated carbocycles. The zero-order valence-electron chi connectivity index (χ0n) is 8.84. The van der Waals surface area contributed by atoms with E-state index in [1.54, 1.807) is 6.07 Å². The van der Waals surface area contributed by atoms with Gasteiger partial charge in [0, 0.05) is 11.4 Å². The Morgan fingerprint density at radius 2 is 2.35 bits per heavy atom. The van der Waals surface area contributed by atoms with Crippen molar-refractivity contribution in [2.45, 2.75) is 11.4 Å². The number of carbonyl (C=O) groups is 2. The fourth-order valence-electron chi connectivity index (χ4n) is 1.60. The Morgan fingerprint density at radius 3 is 3.00 bits per heavy atom. The second-order valence-corrected chi connectivity index (χ2v) is 4.46. The number of hydrogen-bond donors (Lipinski definition) is 1. The van der Waals surface area contributed by atoms with E-state index < -0.39 is 5.91 Å². The summed E-state index contributed by atoms with van der Waals surface area (Å²) in [5.74, 6) is -1.06. The largest absolute Gasteiger partial charge is 0.336 e. The van der Waals surface area contributed by atoms with Gasteiger partial charge in [-0.25, -0.2) is 4.90 Å². The second kappa shape index (κ2) is 4.57. The number of thioether (sulfide) groups is 1. The van der Waals surface area contributed by atoms with Gasteiger partial charge in [-0.15, -0.1) is 11.8 Å². The number of imide groups is 1. The average Bonchev–Trinajstić information content (AvgIpc) is 2.37. The Bertz CT molecular complexity index is 536. The van der Waals surface area contributed by atoms with Crippen molar-refractivity contribution >= 4 is 29.3 Å². The molecule has 2 rings (SSSR count). The van der Waals surface area contributed by atoms with Crippen LogP contribution in [0.2, 0.25) is 0 Å². The summed E-state index contributed by atoms with van der Waals surface area (Å²) < 4.78 is 0. The highest BCUT2D eigenvalue weighted by Gasteiger charge is 2.30. The van der Waals surface area contributed by atoms with Gasteiger partial charge >= 0.3 is 5.91 Å². The number of amides is 2. The lowest BCUT2D eigenvalue weighted by Crippen LogP contribution is -2.39. The third-order valence-corrected chi connectivity index (χ3v) is 3.45. The maximum atomic E-state index is 11.7. The highest BCUT2D eigenvalue weighted by Crippen LogP contribution is 2.35. The van der Waals surface area contributed by atoms with Crippen LogP contribution in [0.3, 0.4) is 0 Å². The van der Waals surface area contributed by atoms with Gasteiger partial charge in [0.1, 0.15) is 0 Å². The number of carbonyl (C=O) groups excluding carboxylic acids is 2. The summed E-state index contributed by atoms with van der Waals surface area (Å²) in [7, 11) is 0. The van der Waals surface area contributed by atoms with Gasteiger partial charge in [-0.3, -0.25) is 9.59 Å². The summed E-state index contributed by atoms with van der Waals surface area (Å²) in [5.41, 5.74) is 6.79. The molecule has 0 aliphatic carbocycles. The number of nitrogens with zero attached hydrogens (tertiary/aromatic N) is 2. The first-order valence-corrected chi connectivity index (χ1v) is 5.88. The van der Waals surface area contributed by atoms with E-state index >= 15 is 0 Å². The molecular weight excluding hydrogens is 238 g/mol. The SMILES string of the molecule is N#CC(=O)N1C(=O)CSc2ccc(CN)cc21. The molecule has 1 aliphatic heterocycles. The van der Waals surface area contributed by atoms with Gasteiger partial charge in [0.2, 0.25) is 5.91 Å². The van der Waals surface area contributed by atoms with Crippen molar-refractivity contribution in [3.63, 3.8) is 0 Å². The van der Waals surface area contributed by atoms with Crippen LogP contribution in [0.5, 0.6) is 0 Å². The lowest BCUT2D eigenvalue weighted by Gasteiger charge is -2.25. The third kappa shape index (κ3) is 2.02. The fraction of sp³-hybridized carbons (Fsp3) is 0.182. The van der Waals surface area contributed by atoms with Crippen LogP contribution in [0.1, 0.15) is 5.56 Å². The number of nitrogens with two attached hydrogens (primary N) is 1. The van der Waals surface area contributed by atoms with Crippen molar-refractivity contribution in [3.05, 3.63) is 23.8 Å². The Balaban J connectivity index is 2.53. The number of anilines is 1. The molecule has 86 valence electrons. The molecule has 0 radical (unpaired) electrons. The molecule has 0 atom stereocenters. The zero-order valence-corrected chi connectivity index (χ0v) is 9.66. The topological polar surface area (TPSA) is 87.2 Å². The minimum atomic E-state index is -0.856. The zero-order chi connectivity index (χ0) is 12.4. The Labute approximate surface area is 102 Å². The number of benzene rings is 1. The molecule has 0 fully saturated rings. The van der Waals surface area contributed by atoms with Crippen molar-refractivity contribution in [3.8, 4) is 6.07 Å². The van der Waals surface area contributed by atoms with Gasteiger partial charge in [0.15, 0.2) is 6.07 Å². The normalized spacial score (nSPS) is 14.1. The van der Waals surface area contributed by atoms with Crippen LogP contribution in [0, 0.1) is 11.3 Å². The van der Waals surface area contributed by atoms with Crippen LogP contribution < -0.4 is 10.6 Å². The summed E-state index contributed by atoms with van der Waals surface area (Å²) in [5, 5.41) is 8.63. The predicted octanol–water partition coefficient (Wildman–Crippen LogP) is 0.634. The molecule has 2 amide bonds. The molecule has 6 heteroatoms. The van der Waals surface area contributed by atoms with E-state index in [2.05, 4.69) is 0 Å². The molecule has 5 nitrogen and oxygen atoms in total. The van der Waals surface area contributed by atoms with Gasteiger partial charge < -0.3 is 5.73 Å². The average molecular weight is 247 g/mol. The van der Waals surface area contributed by atoms with E-state index in [9.17, 15) is 9.59 Å². The maximum Gasteiger partial charge on any atom is 0.336 e. The van der Waals surface area contributed by atoms with E-state index in [-0.39, 0.29) is 11.7 Å². The second-order valence-electron chi connectivity index (χ2n) is 3.44. The number of nitriles is 1. The smallest absolute Gasteiger partial charge is 0.326 e. The molecule has 0 spiro atoms.